The molecular weight excluding hydrogens is 335 g/mol. The number of pyridine rings is 1. The molecule has 0 aliphatic carbocycles. The number of carbonyl (C=O) groups excluding carboxylic acids is 3. The molecule has 24 heavy (non-hydrogen) atoms. The van der Waals surface area contributed by atoms with Crippen molar-refractivity contribution in [3.8, 4) is 5.75 Å². The van der Waals surface area contributed by atoms with Crippen LogP contribution in [0.2, 0.25) is 0 Å². The maximum atomic E-state index is 12.3. The second-order valence-electron chi connectivity index (χ2n) is 4.28. The largest absolute Gasteiger partial charge is 0.482 e. The fourth-order valence-corrected chi connectivity index (χ4v) is 1.45. The zero-order valence-corrected chi connectivity index (χ0v) is 12.5. The van der Waals surface area contributed by atoms with Crippen molar-refractivity contribution in [3.63, 3.8) is 0 Å². The third-order valence-electron chi connectivity index (χ3n) is 2.41. The third-order valence-corrected chi connectivity index (χ3v) is 2.41. The lowest BCUT2D eigenvalue weighted by Crippen LogP contribution is -2.36. The van der Waals surface area contributed by atoms with Crippen molar-refractivity contribution in [1.29, 1.82) is 0 Å². The van der Waals surface area contributed by atoms with Gasteiger partial charge in [-0.3, -0.25) is 14.9 Å². The van der Waals surface area contributed by atoms with Gasteiger partial charge in [-0.25, -0.2) is 9.78 Å². The maximum absolute atomic E-state index is 12.3. The second kappa shape index (κ2) is 8.24. The first-order valence-electron chi connectivity index (χ1n) is 6.59. The molecule has 0 spiro atoms. The standard InChI is InChI=1S/C13H14F3N3O5/c1-2-23-12(22)7-3-8(24-6-13(14,15)16)10(18-5-7)11(21)19-9(20)4-17/h3,5H,2,4,6,17H2,1H3,(H,19,20,21). The van der Waals surface area contributed by atoms with Crippen LogP contribution >= 0.6 is 0 Å². The molecule has 1 aromatic heterocycles. The Kier molecular flexibility index (Phi) is 6.65. The van der Waals surface area contributed by atoms with Crippen LogP contribution in [-0.4, -0.2) is 48.7 Å². The number of alkyl halides is 3. The number of hydrogen-bond donors (Lipinski definition) is 2. The Morgan fingerprint density at radius 1 is 1.33 bits per heavy atom. The summed E-state index contributed by atoms with van der Waals surface area (Å²) in [6, 6.07) is 0.874. The van der Waals surface area contributed by atoms with Crippen molar-refractivity contribution in [1.82, 2.24) is 10.3 Å². The van der Waals surface area contributed by atoms with Crippen LogP contribution in [0.25, 0.3) is 0 Å². The monoisotopic (exact) mass is 349 g/mol. The third kappa shape index (κ3) is 5.83. The van der Waals surface area contributed by atoms with Gasteiger partial charge in [0.25, 0.3) is 5.91 Å². The van der Waals surface area contributed by atoms with Gasteiger partial charge in [0.15, 0.2) is 18.1 Å². The fourth-order valence-electron chi connectivity index (χ4n) is 1.45. The molecule has 0 saturated carbocycles. The summed E-state index contributed by atoms with van der Waals surface area (Å²) in [7, 11) is 0. The Morgan fingerprint density at radius 3 is 2.54 bits per heavy atom. The molecule has 2 amide bonds. The van der Waals surface area contributed by atoms with E-state index in [0.717, 1.165) is 12.3 Å². The number of esters is 1. The molecule has 1 rings (SSSR count). The minimum atomic E-state index is -4.68. The first-order chi connectivity index (χ1) is 11.2. The SMILES string of the molecule is CCOC(=O)c1cnc(C(=O)NC(=O)CN)c(OCC(F)(F)F)c1. The average molecular weight is 349 g/mol. The fraction of sp³-hybridized carbons (Fsp3) is 0.385. The lowest BCUT2D eigenvalue weighted by molar-refractivity contribution is -0.153. The van der Waals surface area contributed by atoms with Crippen LogP contribution in [0.1, 0.15) is 27.8 Å². The highest BCUT2D eigenvalue weighted by Crippen LogP contribution is 2.22. The molecule has 0 aliphatic rings. The highest BCUT2D eigenvalue weighted by Gasteiger charge is 2.30. The Balaban J connectivity index is 3.13. The quantitative estimate of drug-likeness (QED) is 0.714. The Labute approximate surface area is 134 Å². The normalized spacial score (nSPS) is 10.9. The van der Waals surface area contributed by atoms with Gasteiger partial charge in [0.2, 0.25) is 5.91 Å². The maximum Gasteiger partial charge on any atom is 0.422 e. The van der Waals surface area contributed by atoms with E-state index in [1.165, 1.54) is 6.92 Å². The highest BCUT2D eigenvalue weighted by atomic mass is 19.4. The van der Waals surface area contributed by atoms with Gasteiger partial charge in [-0.15, -0.1) is 0 Å². The molecule has 0 bridgehead atoms. The van der Waals surface area contributed by atoms with Gasteiger partial charge < -0.3 is 15.2 Å². The van der Waals surface area contributed by atoms with Crippen LogP contribution in [0.3, 0.4) is 0 Å². The molecule has 0 aromatic carbocycles. The van der Waals surface area contributed by atoms with Gasteiger partial charge >= 0.3 is 12.1 Å². The highest BCUT2D eigenvalue weighted by molar-refractivity contribution is 6.06. The molecule has 3 N–H and O–H groups in total. The van der Waals surface area contributed by atoms with E-state index < -0.39 is 48.6 Å². The molecule has 1 aromatic rings. The number of carbonyl (C=O) groups is 3. The average Bonchev–Trinajstić information content (AvgIpc) is 2.51. The van der Waals surface area contributed by atoms with E-state index in [0.29, 0.717) is 0 Å². The second-order valence-corrected chi connectivity index (χ2v) is 4.28. The molecular formula is C13H14F3N3O5. The number of nitrogens with zero attached hydrogens (tertiary/aromatic N) is 1. The molecule has 0 atom stereocenters. The van der Waals surface area contributed by atoms with E-state index in [1.807, 2.05) is 5.32 Å². The van der Waals surface area contributed by atoms with E-state index in [9.17, 15) is 27.6 Å². The Bertz CT molecular complexity index is 634. The van der Waals surface area contributed by atoms with Gasteiger partial charge in [-0.05, 0) is 13.0 Å². The number of hydrogen-bond acceptors (Lipinski definition) is 7. The molecule has 0 unspecified atom stereocenters. The predicted octanol–water partition coefficient (Wildman–Crippen LogP) is 0.414. The van der Waals surface area contributed by atoms with Gasteiger partial charge in [-0.2, -0.15) is 13.2 Å². The van der Waals surface area contributed by atoms with E-state index >= 15 is 0 Å². The van der Waals surface area contributed by atoms with Crippen LogP contribution in [0.4, 0.5) is 13.2 Å². The zero-order chi connectivity index (χ0) is 18.3. The first-order valence-corrected chi connectivity index (χ1v) is 6.59. The summed E-state index contributed by atoms with van der Waals surface area (Å²) in [4.78, 5) is 38.1. The molecule has 1 heterocycles. The summed E-state index contributed by atoms with van der Waals surface area (Å²) in [5.74, 6) is -3.46. The molecule has 8 nitrogen and oxygen atoms in total. The summed E-state index contributed by atoms with van der Waals surface area (Å²) in [5, 5.41) is 1.81. The van der Waals surface area contributed by atoms with Crippen LogP contribution in [0, 0.1) is 0 Å². The predicted molar refractivity (Wildman–Crippen MR) is 73.3 cm³/mol. The summed E-state index contributed by atoms with van der Waals surface area (Å²) in [6.07, 6.45) is -3.76. The zero-order valence-electron chi connectivity index (χ0n) is 12.5. The Hall–Kier alpha value is -2.69. The molecule has 0 fully saturated rings. The van der Waals surface area contributed by atoms with Crippen molar-refractivity contribution >= 4 is 17.8 Å². The van der Waals surface area contributed by atoms with Crippen molar-refractivity contribution in [2.45, 2.75) is 13.1 Å². The molecule has 132 valence electrons. The first kappa shape index (κ1) is 19.4. The van der Waals surface area contributed by atoms with Gasteiger partial charge in [0, 0.05) is 6.20 Å². The van der Waals surface area contributed by atoms with Crippen LogP contribution < -0.4 is 15.8 Å². The minimum absolute atomic E-state index is 0.0326. The number of imide groups is 1. The van der Waals surface area contributed by atoms with Gasteiger partial charge in [-0.1, -0.05) is 0 Å². The number of nitrogens with two attached hydrogens (primary N) is 1. The smallest absolute Gasteiger partial charge is 0.422 e. The lowest BCUT2D eigenvalue weighted by atomic mass is 10.2. The summed E-state index contributed by atoms with van der Waals surface area (Å²) in [5.41, 5.74) is 4.21. The minimum Gasteiger partial charge on any atom is -0.482 e. The van der Waals surface area contributed by atoms with E-state index in [-0.39, 0.29) is 12.2 Å². The molecule has 0 saturated heterocycles. The summed E-state index contributed by atoms with van der Waals surface area (Å²) < 4.78 is 46.1. The summed E-state index contributed by atoms with van der Waals surface area (Å²) >= 11 is 0. The molecule has 11 heteroatoms. The van der Waals surface area contributed by atoms with Gasteiger partial charge in [0.1, 0.15) is 0 Å². The van der Waals surface area contributed by atoms with E-state index in [1.54, 1.807) is 0 Å². The van der Waals surface area contributed by atoms with Crippen LogP contribution in [0.5, 0.6) is 5.75 Å². The van der Waals surface area contributed by atoms with E-state index in [4.69, 9.17) is 5.73 Å². The number of halogens is 3. The molecule has 0 radical (unpaired) electrons. The number of ether oxygens (including phenoxy) is 2. The lowest BCUT2D eigenvalue weighted by Gasteiger charge is -2.13. The van der Waals surface area contributed by atoms with Crippen molar-refractivity contribution in [3.05, 3.63) is 23.5 Å². The van der Waals surface area contributed by atoms with Crippen molar-refractivity contribution < 1.29 is 37.0 Å². The van der Waals surface area contributed by atoms with Crippen molar-refractivity contribution in [2.24, 2.45) is 5.73 Å². The topological polar surface area (TPSA) is 121 Å². The number of amides is 2. The molecule has 0 aliphatic heterocycles. The van der Waals surface area contributed by atoms with Crippen LogP contribution in [-0.2, 0) is 9.53 Å². The van der Waals surface area contributed by atoms with Crippen LogP contribution in [0.15, 0.2) is 12.3 Å². The van der Waals surface area contributed by atoms with E-state index in [2.05, 4.69) is 14.5 Å². The number of rotatable bonds is 6. The number of nitrogens with one attached hydrogen (secondary N) is 1. The Morgan fingerprint density at radius 2 is 2.00 bits per heavy atom. The van der Waals surface area contributed by atoms with Crippen molar-refractivity contribution in [2.75, 3.05) is 19.8 Å². The van der Waals surface area contributed by atoms with Gasteiger partial charge in [0.05, 0.1) is 18.7 Å². The summed E-state index contributed by atoms with van der Waals surface area (Å²) in [6.45, 7) is -0.658. The number of aromatic nitrogens is 1.